The summed E-state index contributed by atoms with van der Waals surface area (Å²) in [6.45, 7) is 9.10. The molecule has 0 radical (unpaired) electrons. The topological polar surface area (TPSA) is 41.1 Å². The summed E-state index contributed by atoms with van der Waals surface area (Å²) in [6, 6.07) is 5.96. The van der Waals surface area contributed by atoms with Crippen molar-refractivity contribution in [2.75, 3.05) is 19.6 Å². The summed E-state index contributed by atoms with van der Waals surface area (Å²) in [5.74, 6) is 0.0456. The normalized spacial score (nSPS) is 21.9. The number of benzene rings is 1. The molecular weight excluding hydrogens is 272 g/mol. The molecule has 2 N–H and O–H groups in total. The van der Waals surface area contributed by atoms with Crippen molar-refractivity contribution in [1.82, 2.24) is 10.6 Å². The van der Waals surface area contributed by atoms with Crippen LogP contribution in [0, 0.1) is 19.3 Å². The van der Waals surface area contributed by atoms with Crippen LogP contribution in [0.4, 0.5) is 0 Å². The number of amides is 1. The molecule has 112 valence electrons. The van der Waals surface area contributed by atoms with Crippen LogP contribution < -0.4 is 10.6 Å². The van der Waals surface area contributed by atoms with Crippen molar-refractivity contribution in [3.63, 3.8) is 0 Å². The van der Waals surface area contributed by atoms with Crippen molar-refractivity contribution in [3.8, 4) is 0 Å². The van der Waals surface area contributed by atoms with Gasteiger partial charge in [-0.2, -0.15) is 0 Å². The third kappa shape index (κ3) is 4.22. The molecule has 1 amide bonds. The highest BCUT2D eigenvalue weighted by atomic mass is 35.5. The molecule has 1 unspecified atom stereocenters. The Morgan fingerprint density at radius 2 is 2.15 bits per heavy atom. The van der Waals surface area contributed by atoms with Crippen molar-refractivity contribution in [2.24, 2.45) is 5.41 Å². The molecule has 1 atom stereocenters. The Kier molecular flexibility index (Phi) is 6.03. The maximum atomic E-state index is 12.2. The van der Waals surface area contributed by atoms with E-state index < -0.39 is 0 Å². The predicted molar refractivity (Wildman–Crippen MR) is 85.7 cm³/mol. The van der Waals surface area contributed by atoms with Gasteiger partial charge in [-0.15, -0.1) is 12.4 Å². The minimum absolute atomic E-state index is 0. The monoisotopic (exact) mass is 296 g/mol. The zero-order chi connectivity index (χ0) is 13.9. The Balaban J connectivity index is 0.00000200. The second-order valence-electron chi connectivity index (χ2n) is 6.09. The first-order valence-corrected chi connectivity index (χ1v) is 7.06. The summed E-state index contributed by atoms with van der Waals surface area (Å²) < 4.78 is 0. The molecule has 1 saturated heterocycles. The van der Waals surface area contributed by atoms with Gasteiger partial charge in [0.05, 0.1) is 0 Å². The van der Waals surface area contributed by atoms with Crippen LogP contribution in [0.15, 0.2) is 18.2 Å². The van der Waals surface area contributed by atoms with E-state index in [0.717, 1.165) is 30.8 Å². The fourth-order valence-electron chi connectivity index (χ4n) is 2.73. The molecule has 1 aromatic carbocycles. The molecule has 0 saturated carbocycles. The highest BCUT2D eigenvalue weighted by molar-refractivity contribution is 5.95. The van der Waals surface area contributed by atoms with Gasteiger partial charge in [0.1, 0.15) is 0 Å². The van der Waals surface area contributed by atoms with Crippen LogP contribution in [0.3, 0.4) is 0 Å². The van der Waals surface area contributed by atoms with Crippen molar-refractivity contribution in [1.29, 1.82) is 0 Å². The molecular formula is C16H25ClN2O. The van der Waals surface area contributed by atoms with Gasteiger partial charge in [0, 0.05) is 18.7 Å². The second-order valence-corrected chi connectivity index (χ2v) is 6.09. The number of hydrogen-bond acceptors (Lipinski definition) is 2. The zero-order valence-corrected chi connectivity index (χ0v) is 13.4. The van der Waals surface area contributed by atoms with Gasteiger partial charge in [0.15, 0.2) is 0 Å². The van der Waals surface area contributed by atoms with Gasteiger partial charge in [-0.05, 0) is 50.3 Å². The number of hydrogen-bond donors (Lipinski definition) is 2. The summed E-state index contributed by atoms with van der Waals surface area (Å²) in [4.78, 5) is 12.2. The van der Waals surface area contributed by atoms with E-state index in [4.69, 9.17) is 0 Å². The van der Waals surface area contributed by atoms with Gasteiger partial charge in [0.25, 0.3) is 5.91 Å². The molecule has 1 aliphatic rings. The lowest BCUT2D eigenvalue weighted by molar-refractivity contribution is 0.0924. The van der Waals surface area contributed by atoms with Crippen molar-refractivity contribution in [2.45, 2.75) is 33.6 Å². The minimum Gasteiger partial charge on any atom is -0.351 e. The van der Waals surface area contributed by atoms with Gasteiger partial charge >= 0.3 is 0 Å². The Morgan fingerprint density at radius 3 is 2.75 bits per heavy atom. The molecule has 1 heterocycles. The Bertz CT molecular complexity index is 468. The molecule has 1 aromatic rings. The number of rotatable bonds is 3. The number of nitrogens with one attached hydrogen (secondary N) is 2. The SMILES string of the molecule is Cc1ccc(C(=O)NCC2(C)CCCNC2)c(C)c1.Cl. The van der Waals surface area contributed by atoms with Gasteiger partial charge in [0.2, 0.25) is 0 Å². The van der Waals surface area contributed by atoms with E-state index in [9.17, 15) is 4.79 Å². The molecule has 2 rings (SSSR count). The number of halogens is 1. The fourth-order valence-corrected chi connectivity index (χ4v) is 2.73. The van der Waals surface area contributed by atoms with Gasteiger partial charge in [-0.1, -0.05) is 24.6 Å². The molecule has 20 heavy (non-hydrogen) atoms. The Hall–Kier alpha value is -1.06. The van der Waals surface area contributed by atoms with E-state index in [1.54, 1.807) is 0 Å². The highest BCUT2D eigenvalue weighted by Gasteiger charge is 2.27. The third-order valence-electron chi connectivity index (χ3n) is 3.99. The predicted octanol–water partition coefficient (Wildman–Crippen LogP) is 2.84. The summed E-state index contributed by atoms with van der Waals surface area (Å²) in [5.41, 5.74) is 3.21. The largest absolute Gasteiger partial charge is 0.351 e. The molecule has 3 nitrogen and oxygen atoms in total. The molecule has 4 heteroatoms. The van der Waals surface area contributed by atoms with Gasteiger partial charge < -0.3 is 10.6 Å². The lowest BCUT2D eigenvalue weighted by atomic mass is 9.82. The van der Waals surface area contributed by atoms with Crippen LogP contribution in [-0.4, -0.2) is 25.5 Å². The first-order valence-electron chi connectivity index (χ1n) is 7.06. The van der Waals surface area contributed by atoms with Crippen LogP contribution in [-0.2, 0) is 0 Å². The molecule has 1 aliphatic heterocycles. The van der Waals surface area contributed by atoms with Crippen molar-refractivity contribution in [3.05, 3.63) is 34.9 Å². The van der Waals surface area contributed by atoms with E-state index in [1.165, 1.54) is 18.4 Å². The van der Waals surface area contributed by atoms with Gasteiger partial charge in [-0.3, -0.25) is 4.79 Å². The molecule has 0 spiro atoms. The summed E-state index contributed by atoms with van der Waals surface area (Å²) >= 11 is 0. The van der Waals surface area contributed by atoms with Gasteiger partial charge in [-0.25, -0.2) is 0 Å². The summed E-state index contributed by atoms with van der Waals surface area (Å²) in [5, 5.41) is 6.50. The van der Waals surface area contributed by atoms with E-state index >= 15 is 0 Å². The minimum atomic E-state index is 0. The fraction of sp³-hybridized carbons (Fsp3) is 0.562. The first kappa shape index (κ1) is 17.0. The maximum absolute atomic E-state index is 12.2. The summed E-state index contributed by atoms with van der Waals surface area (Å²) in [7, 11) is 0. The van der Waals surface area contributed by atoms with Crippen LogP contribution in [0.1, 0.15) is 41.3 Å². The Labute approximate surface area is 127 Å². The van der Waals surface area contributed by atoms with Crippen molar-refractivity contribution < 1.29 is 4.79 Å². The maximum Gasteiger partial charge on any atom is 0.251 e. The van der Waals surface area contributed by atoms with Crippen LogP contribution in [0.5, 0.6) is 0 Å². The number of carbonyl (C=O) groups excluding carboxylic acids is 1. The molecule has 0 bridgehead atoms. The third-order valence-corrected chi connectivity index (χ3v) is 3.99. The molecule has 0 aromatic heterocycles. The van der Waals surface area contributed by atoms with E-state index in [1.807, 2.05) is 26.0 Å². The number of aryl methyl sites for hydroxylation is 2. The van der Waals surface area contributed by atoms with E-state index in [-0.39, 0.29) is 23.7 Å². The quantitative estimate of drug-likeness (QED) is 0.900. The van der Waals surface area contributed by atoms with Crippen LogP contribution >= 0.6 is 12.4 Å². The number of piperidine rings is 1. The van der Waals surface area contributed by atoms with Crippen molar-refractivity contribution >= 4 is 18.3 Å². The first-order chi connectivity index (χ1) is 9.00. The lowest BCUT2D eigenvalue weighted by Crippen LogP contribution is -2.45. The zero-order valence-electron chi connectivity index (χ0n) is 12.6. The smallest absolute Gasteiger partial charge is 0.251 e. The van der Waals surface area contributed by atoms with E-state index in [0.29, 0.717) is 0 Å². The van der Waals surface area contributed by atoms with Crippen LogP contribution in [0.25, 0.3) is 0 Å². The second kappa shape index (κ2) is 7.09. The average molecular weight is 297 g/mol. The van der Waals surface area contributed by atoms with Crippen LogP contribution in [0.2, 0.25) is 0 Å². The number of carbonyl (C=O) groups is 1. The van der Waals surface area contributed by atoms with E-state index in [2.05, 4.69) is 23.6 Å². The average Bonchev–Trinajstić information content (AvgIpc) is 2.37. The summed E-state index contributed by atoms with van der Waals surface area (Å²) in [6.07, 6.45) is 2.36. The standard InChI is InChI=1S/C16H24N2O.ClH/c1-12-5-6-14(13(2)9-12)15(19)18-11-16(3)7-4-8-17-10-16;/h5-6,9,17H,4,7-8,10-11H2,1-3H3,(H,18,19);1H. The Morgan fingerprint density at radius 1 is 1.40 bits per heavy atom. The molecule has 1 fully saturated rings. The lowest BCUT2D eigenvalue weighted by Gasteiger charge is -2.34. The molecule has 0 aliphatic carbocycles. The highest BCUT2D eigenvalue weighted by Crippen LogP contribution is 2.24.